The zero-order valence-corrected chi connectivity index (χ0v) is 16.8. The second kappa shape index (κ2) is 8.74. The Labute approximate surface area is 164 Å². The third-order valence-electron chi connectivity index (χ3n) is 6.93. The van der Waals surface area contributed by atoms with Crippen LogP contribution in [0.1, 0.15) is 50.2 Å². The summed E-state index contributed by atoms with van der Waals surface area (Å²) in [5.41, 5.74) is 3.11. The molecule has 1 amide bonds. The van der Waals surface area contributed by atoms with Crippen molar-refractivity contribution in [3.8, 4) is 0 Å². The van der Waals surface area contributed by atoms with Crippen LogP contribution in [0.4, 0.5) is 0 Å². The van der Waals surface area contributed by atoms with Gasteiger partial charge in [-0.05, 0) is 75.7 Å². The van der Waals surface area contributed by atoms with Gasteiger partial charge in [-0.25, -0.2) is 0 Å². The lowest BCUT2D eigenvalue weighted by Crippen LogP contribution is -2.52. The second-order valence-electron chi connectivity index (χ2n) is 8.72. The lowest BCUT2D eigenvalue weighted by Gasteiger charge is -2.43. The van der Waals surface area contributed by atoms with E-state index in [1.807, 2.05) is 0 Å². The summed E-state index contributed by atoms with van der Waals surface area (Å²) in [5, 5.41) is 3.10. The van der Waals surface area contributed by atoms with Gasteiger partial charge in [0.05, 0.1) is 5.92 Å². The third-order valence-corrected chi connectivity index (χ3v) is 6.93. The van der Waals surface area contributed by atoms with Crippen LogP contribution >= 0.6 is 0 Å². The van der Waals surface area contributed by atoms with Gasteiger partial charge in [0, 0.05) is 25.2 Å². The van der Waals surface area contributed by atoms with E-state index in [0.717, 1.165) is 25.9 Å². The molecule has 1 atom stereocenters. The molecule has 2 aliphatic heterocycles. The topological polar surface area (TPSA) is 35.6 Å². The molecular weight excluding hydrogens is 334 g/mol. The van der Waals surface area contributed by atoms with E-state index in [9.17, 15) is 4.79 Å². The molecule has 4 nitrogen and oxygen atoms in total. The summed E-state index contributed by atoms with van der Waals surface area (Å²) < 4.78 is 0. The largest absolute Gasteiger partial charge is 0.356 e. The van der Waals surface area contributed by atoms with Crippen LogP contribution in [0.3, 0.4) is 0 Å². The van der Waals surface area contributed by atoms with Crippen molar-refractivity contribution < 1.29 is 4.79 Å². The molecule has 2 heterocycles. The number of likely N-dealkylation sites (tertiary alicyclic amines) is 2. The van der Waals surface area contributed by atoms with E-state index in [-0.39, 0.29) is 11.8 Å². The number of hydrogen-bond acceptors (Lipinski definition) is 3. The van der Waals surface area contributed by atoms with Crippen molar-refractivity contribution in [2.24, 2.45) is 5.92 Å². The van der Waals surface area contributed by atoms with Gasteiger partial charge >= 0.3 is 0 Å². The average molecular weight is 370 g/mol. The first-order chi connectivity index (χ1) is 13.2. The van der Waals surface area contributed by atoms with Gasteiger partial charge in [-0.15, -0.1) is 0 Å². The van der Waals surface area contributed by atoms with Gasteiger partial charge in [0.1, 0.15) is 0 Å². The number of carbonyl (C=O) groups excluding carboxylic acids is 1. The fourth-order valence-electron chi connectivity index (χ4n) is 5.35. The highest BCUT2D eigenvalue weighted by molar-refractivity contribution is 5.78. The van der Waals surface area contributed by atoms with Gasteiger partial charge in [0.2, 0.25) is 5.91 Å². The molecule has 0 radical (unpaired) electrons. The van der Waals surface area contributed by atoms with Crippen LogP contribution in [0.15, 0.2) is 24.3 Å². The fourth-order valence-corrected chi connectivity index (χ4v) is 5.35. The summed E-state index contributed by atoms with van der Waals surface area (Å²) in [6, 6.07) is 10.3. The molecular formula is C23H35N3O. The summed E-state index contributed by atoms with van der Waals surface area (Å²) in [4.78, 5) is 17.7. The molecule has 1 aromatic carbocycles. The monoisotopic (exact) mass is 369 g/mol. The van der Waals surface area contributed by atoms with E-state index in [2.05, 4.69) is 46.3 Å². The quantitative estimate of drug-likeness (QED) is 0.867. The second-order valence-corrected chi connectivity index (χ2v) is 8.72. The van der Waals surface area contributed by atoms with Crippen LogP contribution in [-0.2, 0) is 17.6 Å². The van der Waals surface area contributed by atoms with Gasteiger partial charge in [-0.2, -0.15) is 0 Å². The molecule has 2 saturated heterocycles. The summed E-state index contributed by atoms with van der Waals surface area (Å²) in [7, 11) is 0. The highest BCUT2D eigenvalue weighted by atomic mass is 16.1. The average Bonchev–Trinajstić information content (AvgIpc) is 3.16. The minimum Gasteiger partial charge on any atom is -0.356 e. The number of carbonyl (C=O) groups is 1. The molecule has 148 valence electrons. The highest BCUT2D eigenvalue weighted by Gasteiger charge is 2.34. The Morgan fingerprint density at radius 1 is 1.00 bits per heavy atom. The maximum absolute atomic E-state index is 12.4. The van der Waals surface area contributed by atoms with Gasteiger partial charge in [-0.3, -0.25) is 14.6 Å². The standard InChI is InChI=1S/C23H35N3O/c1-2-11-24-23(27)20-8-5-12-26(17-20)21-9-13-25(14-10-21)22-15-18-6-3-4-7-19(18)16-22/h3-4,6-7,20-22H,2,5,8-17H2,1H3,(H,24,27)/t20-/m0/s1. The first-order valence-corrected chi connectivity index (χ1v) is 11.1. The van der Waals surface area contributed by atoms with E-state index in [1.165, 1.54) is 51.7 Å². The Hall–Kier alpha value is -1.39. The van der Waals surface area contributed by atoms with Crippen molar-refractivity contribution >= 4 is 5.91 Å². The van der Waals surface area contributed by atoms with Gasteiger partial charge in [0.25, 0.3) is 0 Å². The minimum absolute atomic E-state index is 0.202. The molecule has 4 rings (SSSR count). The predicted molar refractivity (Wildman–Crippen MR) is 110 cm³/mol. The van der Waals surface area contributed by atoms with Gasteiger partial charge in [0.15, 0.2) is 0 Å². The Morgan fingerprint density at radius 2 is 1.70 bits per heavy atom. The maximum atomic E-state index is 12.4. The molecule has 0 bridgehead atoms. The normalized spacial score (nSPS) is 25.4. The van der Waals surface area contributed by atoms with E-state index < -0.39 is 0 Å². The molecule has 1 aromatic rings. The van der Waals surface area contributed by atoms with Gasteiger partial charge in [-0.1, -0.05) is 31.2 Å². The lowest BCUT2D eigenvalue weighted by molar-refractivity contribution is -0.127. The van der Waals surface area contributed by atoms with Gasteiger partial charge < -0.3 is 5.32 Å². The SMILES string of the molecule is CCCNC(=O)[C@H]1CCCN(C2CCN(C3Cc4ccccc4C3)CC2)C1. The van der Waals surface area contributed by atoms with Crippen molar-refractivity contribution in [2.75, 3.05) is 32.7 Å². The van der Waals surface area contributed by atoms with Crippen LogP contribution in [-0.4, -0.2) is 60.5 Å². The molecule has 2 fully saturated rings. The van der Waals surface area contributed by atoms with E-state index >= 15 is 0 Å². The number of hydrogen-bond donors (Lipinski definition) is 1. The van der Waals surface area contributed by atoms with Crippen LogP contribution in [0.2, 0.25) is 0 Å². The smallest absolute Gasteiger partial charge is 0.224 e. The van der Waals surface area contributed by atoms with Crippen LogP contribution in [0.25, 0.3) is 0 Å². The van der Waals surface area contributed by atoms with Crippen LogP contribution in [0.5, 0.6) is 0 Å². The molecule has 0 spiro atoms. The number of amides is 1. The molecule has 0 unspecified atom stereocenters. The first-order valence-electron chi connectivity index (χ1n) is 11.1. The van der Waals surface area contributed by atoms with E-state index in [0.29, 0.717) is 12.1 Å². The number of rotatable bonds is 5. The third kappa shape index (κ3) is 4.38. The lowest BCUT2D eigenvalue weighted by atomic mass is 9.92. The molecule has 1 N–H and O–H groups in total. The molecule has 0 saturated carbocycles. The molecule has 0 aromatic heterocycles. The number of nitrogens with one attached hydrogen (secondary N) is 1. The van der Waals surface area contributed by atoms with Crippen molar-refractivity contribution in [3.63, 3.8) is 0 Å². The number of nitrogens with zero attached hydrogens (tertiary/aromatic N) is 2. The first kappa shape index (κ1) is 18.9. The van der Waals surface area contributed by atoms with Crippen molar-refractivity contribution in [1.29, 1.82) is 0 Å². The van der Waals surface area contributed by atoms with E-state index in [1.54, 1.807) is 11.1 Å². The summed E-state index contributed by atoms with van der Waals surface area (Å²) in [6.45, 7) is 7.51. The zero-order chi connectivity index (χ0) is 18.6. The van der Waals surface area contributed by atoms with E-state index in [4.69, 9.17) is 0 Å². The maximum Gasteiger partial charge on any atom is 0.224 e. The van der Waals surface area contributed by atoms with Crippen LogP contribution in [0, 0.1) is 5.92 Å². The van der Waals surface area contributed by atoms with Crippen molar-refractivity contribution in [2.45, 2.75) is 64.0 Å². The fraction of sp³-hybridized carbons (Fsp3) is 0.696. The number of fused-ring (bicyclic) bond motifs is 1. The summed E-state index contributed by atoms with van der Waals surface area (Å²) in [6.07, 6.45) is 8.22. The molecule has 1 aliphatic carbocycles. The Balaban J connectivity index is 1.26. The zero-order valence-electron chi connectivity index (χ0n) is 16.8. The van der Waals surface area contributed by atoms with Crippen LogP contribution < -0.4 is 5.32 Å². The predicted octanol–water partition coefficient (Wildman–Crippen LogP) is 2.86. The van der Waals surface area contributed by atoms with Crippen molar-refractivity contribution in [1.82, 2.24) is 15.1 Å². The minimum atomic E-state index is 0.202. The number of piperidine rings is 2. The molecule has 3 aliphatic rings. The summed E-state index contributed by atoms with van der Waals surface area (Å²) >= 11 is 0. The number of benzene rings is 1. The molecule has 4 heteroatoms. The summed E-state index contributed by atoms with van der Waals surface area (Å²) in [5.74, 6) is 0.482. The highest BCUT2D eigenvalue weighted by Crippen LogP contribution is 2.29. The molecule has 27 heavy (non-hydrogen) atoms. The Kier molecular flexibility index (Phi) is 6.14. The Morgan fingerprint density at radius 3 is 2.37 bits per heavy atom. The van der Waals surface area contributed by atoms with Crippen molar-refractivity contribution in [3.05, 3.63) is 35.4 Å². The Bertz CT molecular complexity index is 613.